The highest BCUT2D eigenvalue weighted by Crippen LogP contribution is 1.75. The first kappa shape index (κ1) is 9.56. The monoisotopic (exact) mass is 253 g/mol. The van der Waals surface area contributed by atoms with Crippen LogP contribution in [0.4, 0.5) is 4.79 Å². The smallest absolute Gasteiger partial charge is 0.418 e. The maximum atomic E-state index is 10.5. The number of carbonyl (C=O) groups excluding carboxylic acids is 1. The van der Waals surface area contributed by atoms with E-state index in [4.69, 9.17) is 0 Å². The highest BCUT2D eigenvalue weighted by Gasteiger charge is 1.92. The topological polar surface area (TPSA) is 38.3 Å². The molecular weight excluding hydrogens is 245 g/mol. The van der Waals surface area contributed by atoms with E-state index in [0.717, 1.165) is 0 Å². The molecule has 0 bridgehead atoms. The Morgan fingerprint density at radius 1 is 1.80 bits per heavy atom. The van der Waals surface area contributed by atoms with E-state index in [1.807, 2.05) is 0 Å². The summed E-state index contributed by atoms with van der Waals surface area (Å²) in [5.41, 5.74) is 0. The zero-order valence-corrected chi connectivity index (χ0v) is 7.77. The number of alkyl carbamates (subject to hydrolysis) is 1. The molecule has 0 aromatic rings. The Kier molecular flexibility index (Phi) is 6.38. The fourth-order valence-electron chi connectivity index (χ4n) is 0.296. The summed E-state index contributed by atoms with van der Waals surface area (Å²) in [6.45, 7) is 2.11. The van der Waals surface area contributed by atoms with Crippen molar-refractivity contribution < 1.29 is 9.53 Å². The second-order valence-electron chi connectivity index (χ2n) is 1.28. The highest BCUT2D eigenvalue weighted by molar-refractivity contribution is 14.1. The number of carbonyl (C=O) groups is 1. The third-order valence-corrected chi connectivity index (χ3v) is 0.977. The lowest BCUT2D eigenvalue weighted by molar-refractivity contribution is 0.157. The van der Waals surface area contributed by atoms with Gasteiger partial charge in [0, 0.05) is 6.04 Å². The molecule has 0 spiro atoms. The van der Waals surface area contributed by atoms with Gasteiger partial charge in [-0.15, -0.1) is 0 Å². The Hall–Kier alpha value is -0.440. The molecule has 0 radical (unpaired) electrons. The van der Waals surface area contributed by atoms with Crippen LogP contribution < -0.4 is 5.32 Å². The van der Waals surface area contributed by atoms with Crippen LogP contribution >= 0.6 is 22.6 Å². The maximum absolute atomic E-state index is 10.5. The summed E-state index contributed by atoms with van der Waals surface area (Å²) in [7, 11) is 0. The van der Waals surface area contributed by atoms with Gasteiger partial charge >= 0.3 is 6.09 Å². The first-order valence-corrected chi connectivity index (χ1v) is 4.30. The molecule has 0 aliphatic heterocycles. The SMILES string of the molecule is CCOC(=O)NC#CCI. The minimum atomic E-state index is -0.486. The minimum Gasteiger partial charge on any atom is -0.449 e. The van der Waals surface area contributed by atoms with Crippen LogP contribution in [-0.2, 0) is 4.74 Å². The molecule has 1 amide bonds. The summed E-state index contributed by atoms with van der Waals surface area (Å²) in [6.07, 6.45) is -0.486. The van der Waals surface area contributed by atoms with Crippen LogP contribution in [0.2, 0.25) is 0 Å². The van der Waals surface area contributed by atoms with E-state index < -0.39 is 6.09 Å². The average Bonchev–Trinajstić information content (AvgIpc) is 1.89. The van der Waals surface area contributed by atoms with Gasteiger partial charge in [-0.25, -0.2) is 10.1 Å². The lowest BCUT2D eigenvalue weighted by Crippen LogP contribution is -2.18. The van der Waals surface area contributed by atoms with E-state index >= 15 is 0 Å². The van der Waals surface area contributed by atoms with E-state index in [2.05, 4.69) is 44.6 Å². The van der Waals surface area contributed by atoms with Crippen molar-refractivity contribution in [2.24, 2.45) is 0 Å². The van der Waals surface area contributed by atoms with Crippen molar-refractivity contribution in [3.05, 3.63) is 0 Å². The first-order chi connectivity index (χ1) is 4.81. The number of rotatable bonds is 1. The van der Waals surface area contributed by atoms with Crippen molar-refractivity contribution in [2.75, 3.05) is 11.0 Å². The average molecular weight is 253 g/mol. The van der Waals surface area contributed by atoms with Crippen LogP contribution in [0.3, 0.4) is 0 Å². The number of alkyl halides is 1. The molecule has 0 aromatic heterocycles. The third kappa shape index (κ3) is 5.69. The molecule has 0 aliphatic carbocycles. The third-order valence-electron chi connectivity index (χ3n) is 0.595. The molecule has 10 heavy (non-hydrogen) atoms. The summed E-state index contributed by atoms with van der Waals surface area (Å²) in [5.74, 6) is 2.66. The summed E-state index contributed by atoms with van der Waals surface area (Å²) >= 11 is 2.09. The van der Waals surface area contributed by atoms with Crippen molar-refractivity contribution >= 4 is 28.7 Å². The van der Waals surface area contributed by atoms with Crippen molar-refractivity contribution in [3.8, 4) is 12.0 Å². The molecule has 0 aliphatic rings. The number of ether oxygens (including phenoxy) is 1. The summed E-state index contributed by atoms with van der Waals surface area (Å²) in [4.78, 5) is 10.5. The summed E-state index contributed by atoms with van der Waals surface area (Å²) < 4.78 is 5.23. The first-order valence-electron chi connectivity index (χ1n) is 2.77. The Morgan fingerprint density at radius 2 is 2.50 bits per heavy atom. The van der Waals surface area contributed by atoms with Gasteiger partial charge in [0.05, 0.1) is 11.0 Å². The Bertz CT molecular complexity index is 159. The van der Waals surface area contributed by atoms with E-state index in [-0.39, 0.29) is 0 Å². The van der Waals surface area contributed by atoms with Crippen LogP contribution in [-0.4, -0.2) is 17.1 Å². The minimum absolute atomic E-state index is 0.373. The van der Waals surface area contributed by atoms with Crippen LogP contribution in [0.5, 0.6) is 0 Å². The number of amides is 1. The van der Waals surface area contributed by atoms with E-state index in [9.17, 15) is 4.79 Å². The molecule has 3 nitrogen and oxygen atoms in total. The molecule has 4 heteroatoms. The number of nitrogens with one attached hydrogen (secondary N) is 1. The van der Waals surface area contributed by atoms with E-state index in [1.54, 1.807) is 6.92 Å². The zero-order valence-electron chi connectivity index (χ0n) is 5.61. The second-order valence-corrected chi connectivity index (χ2v) is 2.04. The maximum Gasteiger partial charge on any atom is 0.418 e. The van der Waals surface area contributed by atoms with Crippen molar-refractivity contribution in [1.82, 2.24) is 5.32 Å². The fourth-order valence-corrected chi connectivity index (χ4v) is 0.487. The van der Waals surface area contributed by atoms with Crippen LogP contribution in [0.15, 0.2) is 0 Å². The summed E-state index contributed by atoms with van der Waals surface area (Å²) in [5, 5.41) is 2.26. The predicted molar refractivity (Wildman–Crippen MR) is 46.8 cm³/mol. The van der Waals surface area contributed by atoms with Gasteiger partial charge in [0.1, 0.15) is 0 Å². The molecule has 0 heterocycles. The van der Waals surface area contributed by atoms with Gasteiger partial charge in [-0.2, -0.15) is 0 Å². The standard InChI is InChI=1S/C6H8INO2/c1-2-10-6(9)8-5-3-4-7/h2,4H2,1H3,(H,8,9). The Morgan fingerprint density at radius 3 is 3.00 bits per heavy atom. The Balaban J connectivity index is 3.39. The molecular formula is C6H8INO2. The van der Waals surface area contributed by atoms with Crippen LogP contribution in [0.25, 0.3) is 0 Å². The molecule has 0 rings (SSSR count). The van der Waals surface area contributed by atoms with Gasteiger partial charge in [-0.05, 0) is 6.92 Å². The van der Waals surface area contributed by atoms with Crippen molar-refractivity contribution in [3.63, 3.8) is 0 Å². The summed E-state index contributed by atoms with van der Waals surface area (Å²) in [6, 6.07) is 2.44. The van der Waals surface area contributed by atoms with Crippen molar-refractivity contribution in [1.29, 1.82) is 0 Å². The lowest BCUT2D eigenvalue weighted by Gasteiger charge is -1.95. The quantitative estimate of drug-likeness (QED) is 0.329. The van der Waals surface area contributed by atoms with Gasteiger partial charge in [0.15, 0.2) is 0 Å². The Labute approximate surface area is 73.6 Å². The molecule has 1 N–H and O–H groups in total. The number of halogens is 1. The van der Waals surface area contributed by atoms with E-state index in [1.165, 1.54) is 0 Å². The van der Waals surface area contributed by atoms with Gasteiger partial charge in [-0.1, -0.05) is 28.5 Å². The largest absolute Gasteiger partial charge is 0.449 e. The molecule has 0 fully saturated rings. The van der Waals surface area contributed by atoms with Crippen molar-refractivity contribution in [2.45, 2.75) is 6.92 Å². The zero-order chi connectivity index (χ0) is 7.82. The molecule has 0 unspecified atom stereocenters. The highest BCUT2D eigenvalue weighted by atomic mass is 127. The van der Waals surface area contributed by atoms with Gasteiger partial charge in [-0.3, -0.25) is 0 Å². The molecule has 0 saturated carbocycles. The predicted octanol–water partition coefficient (Wildman–Crippen LogP) is 1.13. The number of hydrogen-bond acceptors (Lipinski definition) is 2. The second kappa shape index (κ2) is 6.68. The van der Waals surface area contributed by atoms with Gasteiger partial charge in [0.25, 0.3) is 0 Å². The van der Waals surface area contributed by atoms with Crippen LogP contribution in [0.1, 0.15) is 6.92 Å². The molecule has 56 valence electrons. The molecule has 0 atom stereocenters. The molecule has 0 aromatic carbocycles. The van der Waals surface area contributed by atoms with Gasteiger partial charge < -0.3 is 4.74 Å². The fraction of sp³-hybridized carbons (Fsp3) is 0.500. The number of hydrogen-bond donors (Lipinski definition) is 1. The van der Waals surface area contributed by atoms with Gasteiger partial charge in [0.2, 0.25) is 0 Å². The van der Waals surface area contributed by atoms with E-state index in [0.29, 0.717) is 11.0 Å². The normalized spacial score (nSPS) is 7.40. The lowest BCUT2D eigenvalue weighted by atomic mass is 10.8. The molecule has 0 saturated heterocycles. The van der Waals surface area contributed by atoms with Crippen LogP contribution in [0, 0.1) is 12.0 Å².